The minimum absolute atomic E-state index is 0.0646. The van der Waals surface area contributed by atoms with E-state index in [9.17, 15) is 4.79 Å². The molecule has 7 heteroatoms. The number of aryl methyl sites for hydroxylation is 1. The Kier molecular flexibility index (Phi) is 6.59. The van der Waals surface area contributed by atoms with Gasteiger partial charge < -0.3 is 10.2 Å². The van der Waals surface area contributed by atoms with Crippen molar-refractivity contribution >= 4 is 45.4 Å². The standard InChI is InChI=1S/C31H32N6O/c1-21-12-13-22(31(2,3)4)19-28(21)37(29-16-18-33-35-29)30(38)34-26-14-15-27(25-11-7-6-10-24(25)26)36(5)23-9-8-17-32-20-23/h6-20H,1-5H3,(H,33,35)(H,34,38). The van der Waals surface area contributed by atoms with Crippen LogP contribution in [-0.2, 0) is 5.41 Å². The van der Waals surface area contributed by atoms with Crippen LogP contribution in [-0.4, -0.2) is 28.3 Å². The van der Waals surface area contributed by atoms with E-state index in [-0.39, 0.29) is 11.4 Å². The second-order valence-corrected chi connectivity index (χ2v) is 10.4. The molecule has 0 saturated carbocycles. The lowest BCUT2D eigenvalue weighted by molar-refractivity contribution is 0.259. The van der Waals surface area contributed by atoms with Gasteiger partial charge in [-0.2, -0.15) is 5.10 Å². The number of urea groups is 1. The zero-order valence-corrected chi connectivity index (χ0v) is 22.4. The Bertz CT molecular complexity index is 1570. The molecule has 0 aliphatic heterocycles. The number of benzene rings is 3. The van der Waals surface area contributed by atoms with E-state index in [1.807, 2.05) is 62.6 Å². The highest BCUT2D eigenvalue weighted by Gasteiger charge is 2.24. The van der Waals surface area contributed by atoms with Gasteiger partial charge in [-0.1, -0.05) is 57.2 Å². The molecule has 0 aliphatic carbocycles. The summed E-state index contributed by atoms with van der Waals surface area (Å²) >= 11 is 0. The van der Waals surface area contributed by atoms with Crippen molar-refractivity contribution in [2.75, 3.05) is 22.2 Å². The van der Waals surface area contributed by atoms with Crippen molar-refractivity contribution in [3.63, 3.8) is 0 Å². The molecule has 0 unspecified atom stereocenters. The SMILES string of the molecule is Cc1ccc(C(C)(C)C)cc1N(C(=O)Nc1ccc(N(C)c2cccnc2)c2ccccc12)c1ccn[nH]1. The van der Waals surface area contributed by atoms with Crippen LogP contribution in [0.15, 0.2) is 91.4 Å². The summed E-state index contributed by atoms with van der Waals surface area (Å²) < 4.78 is 0. The minimum Gasteiger partial charge on any atom is -0.343 e. The van der Waals surface area contributed by atoms with Crippen LogP contribution in [0, 0.1) is 6.92 Å². The van der Waals surface area contributed by atoms with Gasteiger partial charge in [0.1, 0.15) is 5.82 Å². The second-order valence-electron chi connectivity index (χ2n) is 10.4. The fraction of sp³-hybridized carbons (Fsp3) is 0.194. The normalized spacial score (nSPS) is 11.4. The van der Waals surface area contributed by atoms with E-state index in [1.54, 1.807) is 23.4 Å². The van der Waals surface area contributed by atoms with Gasteiger partial charge >= 0.3 is 6.03 Å². The third kappa shape index (κ3) is 4.83. The molecule has 2 amide bonds. The van der Waals surface area contributed by atoms with Crippen LogP contribution >= 0.6 is 0 Å². The Hall–Kier alpha value is -4.65. The third-order valence-corrected chi connectivity index (χ3v) is 6.78. The van der Waals surface area contributed by atoms with Crippen molar-refractivity contribution in [1.29, 1.82) is 0 Å². The maximum Gasteiger partial charge on any atom is 0.332 e. The third-order valence-electron chi connectivity index (χ3n) is 6.78. The number of aromatic nitrogens is 3. The van der Waals surface area contributed by atoms with E-state index in [0.29, 0.717) is 5.82 Å². The van der Waals surface area contributed by atoms with Crippen molar-refractivity contribution in [2.45, 2.75) is 33.1 Å². The summed E-state index contributed by atoms with van der Waals surface area (Å²) in [5, 5.41) is 12.2. The molecular formula is C31H32N6O. The molecule has 0 radical (unpaired) electrons. The lowest BCUT2D eigenvalue weighted by atomic mass is 9.86. The van der Waals surface area contributed by atoms with Gasteiger partial charge in [0.2, 0.25) is 0 Å². The fourth-order valence-corrected chi connectivity index (χ4v) is 4.59. The molecule has 3 aromatic carbocycles. The number of H-pyrrole nitrogens is 1. The number of nitrogens with one attached hydrogen (secondary N) is 2. The highest BCUT2D eigenvalue weighted by Crippen LogP contribution is 2.37. The molecular weight excluding hydrogens is 472 g/mol. The predicted octanol–water partition coefficient (Wildman–Crippen LogP) is 7.70. The number of rotatable bonds is 5. The van der Waals surface area contributed by atoms with Gasteiger partial charge in [0.25, 0.3) is 0 Å². The zero-order valence-electron chi connectivity index (χ0n) is 22.4. The molecule has 2 aromatic heterocycles. The number of hydrogen-bond acceptors (Lipinski definition) is 4. The fourth-order valence-electron chi connectivity index (χ4n) is 4.59. The van der Waals surface area contributed by atoms with Crippen LogP contribution in [0.5, 0.6) is 0 Å². The largest absolute Gasteiger partial charge is 0.343 e. The molecule has 0 aliphatic rings. The molecule has 0 bridgehead atoms. The van der Waals surface area contributed by atoms with Gasteiger partial charge in [0.05, 0.1) is 29.5 Å². The van der Waals surface area contributed by atoms with Crippen molar-refractivity contribution in [2.24, 2.45) is 0 Å². The monoisotopic (exact) mass is 504 g/mol. The molecule has 2 N–H and O–H groups in total. The Morgan fingerprint density at radius 2 is 1.68 bits per heavy atom. The summed E-state index contributed by atoms with van der Waals surface area (Å²) in [5.74, 6) is 0.592. The first-order chi connectivity index (χ1) is 18.2. The molecule has 7 nitrogen and oxygen atoms in total. The smallest absolute Gasteiger partial charge is 0.332 e. The number of hydrogen-bond donors (Lipinski definition) is 2. The number of carbonyl (C=O) groups is 1. The Morgan fingerprint density at radius 1 is 0.895 bits per heavy atom. The summed E-state index contributed by atoms with van der Waals surface area (Å²) in [4.78, 5) is 22.0. The summed E-state index contributed by atoms with van der Waals surface area (Å²) in [7, 11) is 2.02. The topological polar surface area (TPSA) is 77.2 Å². The number of amides is 2. The lowest BCUT2D eigenvalue weighted by Gasteiger charge is -2.27. The molecule has 0 fully saturated rings. The Labute approximate surface area is 223 Å². The summed E-state index contributed by atoms with van der Waals surface area (Å²) in [6.07, 6.45) is 5.25. The van der Waals surface area contributed by atoms with Crippen molar-refractivity contribution in [1.82, 2.24) is 15.2 Å². The predicted molar refractivity (Wildman–Crippen MR) is 156 cm³/mol. The van der Waals surface area contributed by atoms with E-state index in [0.717, 1.165) is 44.6 Å². The first-order valence-electron chi connectivity index (χ1n) is 12.6. The summed E-state index contributed by atoms with van der Waals surface area (Å²) in [5.41, 5.74) is 5.59. The maximum atomic E-state index is 14.0. The average Bonchev–Trinajstić information content (AvgIpc) is 3.44. The second kappa shape index (κ2) is 10.0. The van der Waals surface area contributed by atoms with Crippen molar-refractivity contribution in [3.8, 4) is 0 Å². The van der Waals surface area contributed by atoms with Crippen LogP contribution < -0.4 is 15.1 Å². The van der Waals surface area contributed by atoms with Crippen molar-refractivity contribution < 1.29 is 4.79 Å². The maximum absolute atomic E-state index is 14.0. The van der Waals surface area contributed by atoms with Gasteiger partial charge in [-0.3, -0.25) is 10.1 Å². The number of nitrogens with zero attached hydrogens (tertiary/aromatic N) is 4. The van der Waals surface area contributed by atoms with E-state index in [4.69, 9.17) is 0 Å². The van der Waals surface area contributed by atoms with Crippen LogP contribution in [0.2, 0.25) is 0 Å². The quantitative estimate of drug-likeness (QED) is 0.257. The Morgan fingerprint density at radius 3 is 2.37 bits per heavy atom. The molecule has 5 rings (SSSR count). The van der Waals surface area contributed by atoms with E-state index >= 15 is 0 Å². The molecule has 0 spiro atoms. The van der Waals surface area contributed by atoms with Crippen LogP contribution in [0.25, 0.3) is 10.8 Å². The zero-order chi connectivity index (χ0) is 26.9. The molecule has 0 saturated heterocycles. The summed E-state index contributed by atoms with van der Waals surface area (Å²) in [6.45, 7) is 8.51. The number of carbonyl (C=O) groups excluding carboxylic acids is 1. The highest BCUT2D eigenvalue weighted by atomic mass is 16.2. The first kappa shape index (κ1) is 25.0. The first-order valence-corrected chi connectivity index (χ1v) is 12.6. The van der Waals surface area contributed by atoms with E-state index < -0.39 is 0 Å². The highest BCUT2D eigenvalue weighted by molar-refractivity contribution is 6.12. The lowest BCUT2D eigenvalue weighted by Crippen LogP contribution is -2.32. The molecule has 38 heavy (non-hydrogen) atoms. The van der Waals surface area contributed by atoms with Gasteiger partial charge in [-0.05, 0) is 53.8 Å². The van der Waals surface area contributed by atoms with Gasteiger partial charge in [0, 0.05) is 35.8 Å². The molecule has 2 heterocycles. The van der Waals surface area contributed by atoms with Crippen LogP contribution in [0.1, 0.15) is 31.9 Å². The van der Waals surface area contributed by atoms with E-state index in [2.05, 4.69) is 70.4 Å². The Balaban J connectivity index is 1.55. The van der Waals surface area contributed by atoms with Crippen molar-refractivity contribution in [3.05, 3.63) is 103 Å². The summed E-state index contributed by atoms with van der Waals surface area (Å²) in [6, 6.07) is 23.8. The number of anilines is 5. The van der Waals surface area contributed by atoms with Gasteiger partial charge in [0.15, 0.2) is 0 Å². The van der Waals surface area contributed by atoms with Crippen LogP contribution in [0.4, 0.5) is 33.4 Å². The molecule has 5 aromatic rings. The van der Waals surface area contributed by atoms with Gasteiger partial charge in [-0.25, -0.2) is 9.69 Å². The number of fused-ring (bicyclic) bond motifs is 1. The minimum atomic E-state index is -0.276. The van der Waals surface area contributed by atoms with Gasteiger partial charge in [-0.15, -0.1) is 0 Å². The number of pyridine rings is 1. The number of aromatic amines is 1. The molecule has 192 valence electrons. The average molecular weight is 505 g/mol. The molecule has 0 atom stereocenters. The van der Waals surface area contributed by atoms with E-state index in [1.165, 1.54) is 0 Å². The van der Waals surface area contributed by atoms with Crippen LogP contribution in [0.3, 0.4) is 0 Å².